The number of nitrogens with one attached hydrogen (secondary N) is 1. The molecule has 0 radical (unpaired) electrons. The summed E-state index contributed by atoms with van der Waals surface area (Å²) in [6, 6.07) is 0. The van der Waals surface area contributed by atoms with Crippen molar-refractivity contribution in [2.45, 2.75) is 25.7 Å². The van der Waals surface area contributed by atoms with Gasteiger partial charge in [0, 0.05) is 13.7 Å². The minimum absolute atomic E-state index is 0.690. The maximum absolute atomic E-state index is 5.34. The van der Waals surface area contributed by atoms with E-state index < -0.39 is 0 Å². The second-order valence-electron chi connectivity index (χ2n) is 3.76. The number of hydrogen-bond donors (Lipinski definition) is 1. The van der Waals surface area contributed by atoms with E-state index in [9.17, 15) is 0 Å². The Labute approximate surface area is 105 Å². The first-order valence-electron chi connectivity index (χ1n) is 6.18. The van der Waals surface area contributed by atoms with Crippen LogP contribution in [0.15, 0.2) is 0 Å². The molecule has 0 rings (SSSR count). The van der Waals surface area contributed by atoms with E-state index >= 15 is 0 Å². The fourth-order valence-electron chi connectivity index (χ4n) is 1.36. The fourth-order valence-corrected chi connectivity index (χ4v) is 1.86. The van der Waals surface area contributed by atoms with Crippen LogP contribution in [0, 0.1) is 0 Å². The van der Waals surface area contributed by atoms with Gasteiger partial charge in [-0.25, -0.2) is 0 Å². The van der Waals surface area contributed by atoms with E-state index in [0.29, 0.717) is 13.2 Å². The molecule has 0 saturated carbocycles. The Hall–Kier alpha value is 0.230. The smallest absolute Gasteiger partial charge is 0.0700 e. The Balaban J connectivity index is 2.83. The molecule has 98 valence electrons. The molecular weight excluding hydrogens is 222 g/mol. The van der Waals surface area contributed by atoms with E-state index in [1.54, 1.807) is 7.11 Å². The van der Waals surface area contributed by atoms with Gasteiger partial charge >= 0.3 is 0 Å². The van der Waals surface area contributed by atoms with Gasteiger partial charge in [-0.3, -0.25) is 0 Å². The highest BCUT2D eigenvalue weighted by molar-refractivity contribution is 7.98. The van der Waals surface area contributed by atoms with Crippen molar-refractivity contribution in [3.05, 3.63) is 0 Å². The van der Waals surface area contributed by atoms with Crippen LogP contribution in [-0.4, -0.2) is 52.0 Å². The van der Waals surface area contributed by atoms with Crippen molar-refractivity contribution in [2.24, 2.45) is 0 Å². The van der Waals surface area contributed by atoms with Gasteiger partial charge in [0.15, 0.2) is 0 Å². The molecule has 0 aromatic carbocycles. The molecule has 0 aliphatic carbocycles. The number of methoxy groups -OCH3 is 1. The summed E-state index contributed by atoms with van der Waals surface area (Å²) in [5, 5.41) is 3.38. The highest BCUT2D eigenvalue weighted by atomic mass is 32.2. The second kappa shape index (κ2) is 15.2. The van der Waals surface area contributed by atoms with Gasteiger partial charge < -0.3 is 14.8 Å². The third kappa shape index (κ3) is 14.2. The average Bonchev–Trinajstić information content (AvgIpc) is 2.31. The monoisotopic (exact) mass is 249 g/mol. The van der Waals surface area contributed by atoms with E-state index in [1.807, 2.05) is 11.8 Å². The van der Waals surface area contributed by atoms with Crippen LogP contribution in [0.5, 0.6) is 0 Å². The number of hydrogen-bond acceptors (Lipinski definition) is 4. The fraction of sp³-hybridized carbons (Fsp3) is 1.00. The number of ether oxygens (including phenoxy) is 2. The molecule has 0 atom stereocenters. The first-order chi connectivity index (χ1) is 7.91. The van der Waals surface area contributed by atoms with E-state index in [1.165, 1.54) is 31.4 Å². The number of rotatable bonds is 13. The molecule has 0 unspecified atom stereocenters. The van der Waals surface area contributed by atoms with Crippen molar-refractivity contribution in [3.63, 3.8) is 0 Å². The largest absolute Gasteiger partial charge is 0.382 e. The lowest BCUT2D eigenvalue weighted by atomic mass is 10.2. The first-order valence-corrected chi connectivity index (χ1v) is 7.57. The summed E-state index contributed by atoms with van der Waals surface area (Å²) in [6.07, 6.45) is 7.53. The van der Waals surface area contributed by atoms with Gasteiger partial charge in [0.1, 0.15) is 0 Å². The summed E-state index contributed by atoms with van der Waals surface area (Å²) in [5.74, 6) is 1.31. The zero-order valence-corrected chi connectivity index (χ0v) is 11.6. The molecule has 4 heteroatoms. The SMILES string of the molecule is COCCOCCNCCCCCCSC. The molecule has 0 aliphatic heterocycles. The normalized spacial score (nSPS) is 10.9. The highest BCUT2D eigenvalue weighted by Crippen LogP contribution is 2.03. The van der Waals surface area contributed by atoms with Crippen LogP contribution in [0.2, 0.25) is 0 Å². The van der Waals surface area contributed by atoms with Gasteiger partial charge in [0.05, 0.1) is 19.8 Å². The van der Waals surface area contributed by atoms with Gasteiger partial charge in [-0.05, 0) is 31.4 Å². The minimum atomic E-state index is 0.690. The third-order valence-corrected chi connectivity index (χ3v) is 3.00. The summed E-state index contributed by atoms with van der Waals surface area (Å²) >= 11 is 1.94. The maximum atomic E-state index is 5.34. The summed E-state index contributed by atoms with van der Waals surface area (Å²) in [5.41, 5.74) is 0. The molecular formula is C12H27NO2S. The van der Waals surface area contributed by atoms with Gasteiger partial charge in [-0.15, -0.1) is 0 Å². The lowest BCUT2D eigenvalue weighted by molar-refractivity contribution is 0.0720. The van der Waals surface area contributed by atoms with Crippen molar-refractivity contribution in [3.8, 4) is 0 Å². The van der Waals surface area contributed by atoms with Crippen molar-refractivity contribution in [1.82, 2.24) is 5.32 Å². The standard InChI is InChI=1S/C12H27NO2S/c1-14-10-11-15-9-8-13-7-5-3-4-6-12-16-2/h13H,3-12H2,1-2H3. The van der Waals surface area contributed by atoms with Crippen molar-refractivity contribution < 1.29 is 9.47 Å². The summed E-state index contributed by atoms with van der Waals surface area (Å²) in [7, 11) is 1.69. The topological polar surface area (TPSA) is 30.5 Å². The van der Waals surface area contributed by atoms with E-state index in [2.05, 4.69) is 11.6 Å². The van der Waals surface area contributed by atoms with Gasteiger partial charge in [0.2, 0.25) is 0 Å². The molecule has 0 aromatic rings. The average molecular weight is 249 g/mol. The van der Waals surface area contributed by atoms with Crippen LogP contribution in [-0.2, 0) is 9.47 Å². The maximum Gasteiger partial charge on any atom is 0.0700 e. The molecule has 0 heterocycles. The molecule has 0 aliphatic rings. The zero-order chi connectivity index (χ0) is 11.9. The molecule has 1 N–H and O–H groups in total. The van der Waals surface area contributed by atoms with Crippen LogP contribution < -0.4 is 5.32 Å². The predicted molar refractivity (Wildman–Crippen MR) is 72.4 cm³/mol. The Bertz CT molecular complexity index is 112. The third-order valence-electron chi connectivity index (χ3n) is 2.31. The predicted octanol–water partition coefficient (Wildman–Crippen LogP) is 2.16. The van der Waals surface area contributed by atoms with Crippen LogP contribution in [0.4, 0.5) is 0 Å². The van der Waals surface area contributed by atoms with Crippen LogP contribution in [0.3, 0.4) is 0 Å². The molecule has 3 nitrogen and oxygen atoms in total. The summed E-state index contributed by atoms with van der Waals surface area (Å²) in [4.78, 5) is 0. The number of thioether (sulfide) groups is 1. The van der Waals surface area contributed by atoms with Crippen molar-refractivity contribution in [1.29, 1.82) is 0 Å². The molecule has 0 fully saturated rings. The Morgan fingerprint density at radius 3 is 2.50 bits per heavy atom. The van der Waals surface area contributed by atoms with Crippen molar-refractivity contribution >= 4 is 11.8 Å². The quantitative estimate of drug-likeness (QED) is 0.507. The molecule has 16 heavy (non-hydrogen) atoms. The van der Waals surface area contributed by atoms with Gasteiger partial charge in [-0.1, -0.05) is 12.8 Å². The molecule has 0 bridgehead atoms. The number of unbranched alkanes of at least 4 members (excludes halogenated alkanes) is 3. The minimum Gasteiger partial charge on any atom is -0.382 e. The van der Waals surface area contributed by atoms with Crippen LogP contribution >= 0.6 is 11.8 Å². The Morgan fingerprint density at radius 1 is 0.938 bits per heavy atom. The van der Waals surface area contributed by atoms with Crippen molar-refractivity contribution in [2.75, 3.05) is 52.0 Å². The van der Waals surface area contributed by atoms with E-state index in [0.717, 1.165) is 19.7 Å². The Kier molecular flexibility index (Phi) is 15.4. The summed E-state index contributed by atoms with van der Waals surface area (Å²) in [6.45, 7) is 4.25. The molecule has 0 saturated heterocycles. The van der Waals surface area contributed by atoms with Gasteiger partial charge in [0.25, 0.3) is 0 Å². The first kappa shape index (κ1) is 16.2. The highest BCUT2D eigenvalue weighted by Gasteiger charge is 1.91. The summed E-state index contributed by atoms with van der Waals surface area (Å²) < 4.78 is 10.2. The molecule has 0 spiro atoms. The van der Waals surface area contributed by atoms with Crippen LogP contribution in [0.1, 0.15) is 25.7 Å². The lowest BCUT2D eigenvalue weighted by Gasteiger charge is -2.05. The van der Waals surface area contributed by atoms with E-state index in [4.69, 9.17) is 9.47 Å². The van der Waals surface area contributed by atoms with Gasteiger partial charge in [-0.2, -0.15) is 11.8 Å². The Morgan fingerprint density at radius 2 is 1.75 bits per heavy atom. The second-order valence-corrected chi connectivity index (χ2v) is 4.75. The zero-order valence-electron chi connectivity index (χ0n) is 10.8. The lowest BCUT2D eigenvalue weighted by Crippen LogP contribution is -2.21. The molecule has 0 aromatic heterocycles. The molecule has 0 amide bonds. The van der Waals surface area contributed by atoms with E-state index in [-0.39, 0.29) is 0 Å². The van der Waals surface area contributed by atoms with Crippen LogP contribution in [0.25, 0.3) is 0 Å².